The summed E-state index contributed by atoms with van der Waals surface area (Å²) in [7, 11) is 0. The van der Waals surface area contributed by atoms with Gasteiger partial charge < -0.3 is 9.84 Å². The van der Waals surface area contributed by atoms with Crippen LogP contribution < -0.4 is 0 Å². The largest absolute Gasteiger partial charge is 0.462 e. The van der Waals surface area contributed by atoms with Crippen molar-refractivity contribution in [3.63, 3.8) is 0 Å². The molecular weight excluding hydrogens is 357 g/mol. The van der Waals surface area contributed by atoms with Crippen molar-refractivity contribution >= 4 is 5.97 Å². The first-order valence-electron chi connectivity index (χ1n) is 10.2. The highest BCUT2D eigenvalue weighted by Gasteiger charge is 2.35. The van der Waals surface area contributed by atoms with Crippen molar-refractivity contribution in [2.24, 2.45) is 0 Å². The molecule has 0 atom stereocenters. The first-order valence-corrected chi connectivity index (χ1v) is 10.2. The van der Waals surface area contributed by atoms with E-state index < -0.39 is 5.97 Å². The summed E-state index contributed by atoms with van der Waals surface area (Å²) in [5.41, 5.74) is 4.22. The molecule has 0 unspecified atom stereocenters. The fourth-order valence-corrected chi connectivity index (χ4v) is 4.16. The number of hydrogen-bond acceptors (Lipinski definition) is 4. The molecule has 1 aromatic heterocycles. The van der Waals surface area contributed by atoms with Crippen molar-refractivity contribution in [2.45, 2.75) is 63.9 Å². The topological polar surface area (TPSA) is 59.4 Å². The summed E-state index contributed by atoms with van der Waals surface area (Å²) >= 11 is 0. The molecular formula is C23H26FNO3. The summed E-state index contributed by atoms with van der Waals surface area (Å²) in [4.78, 5) is 17.9. The number of nitrogens with zero attached hydrogens (tertiary/aromatic N) is 1. The number of benzene rings is 1. The number of pyridine rings is 1. The van der Waals surface area contributed by atoms with Crippen molar-refractivity contribution in [1.29, 1.82) is 0 Å². The third-order valence-electron chi connectivity index (χ3n) is 6.11. The van der Waals surface area contributed by atoms with Crippen molar-refractivity contribution < 1.29 is 19.0 Å². The Balaban J connectivity index is 1.99. The van der Waals surface area contributed by atoms with Gasteiger partial charge in [-0.05, 0) is 50.3 Å². The maximum Gasteiger partial charge on any atom is 0.340 e. The van der Waals surface area contributed by atoms with Gasteiger partial charge in [0.1, 0.15) is 5.82 Å². The second kappa shape index (κ2) is 8.00. The molecule has 2 saturated carbocycles. The highest BCUT2D eigenvalue weighted by Crippen LogP contribution is 2.46. The molecule has 28 heavy (non-hydrogen) atoms. The van der Waals surface area contributed by atoms with Gasteiger partial charge in [0.05, 0.1) is 24.5 Å². The molecule has 1 N–H and O–H groups in total. The number of carbonyl (C=O) groups excluding carboxylic acids is 1. The lowest BCUT2D eigenvalue weighted by Gasteiger charge is -2.33. The maximum absolute atomic E-state index is 13.6. The molecule has 1 aromatic carbocycles. The molecule has 5 heteroatoms. The van der Waals surface area contributed by atoms with E-state index in [4.69, 9.17) is 9.72 Å². The quantitative estimate of drug-likeness (QED) is 0.706. The van der Waals surface area contributed by atoms with Gasteiger partial charge in [-0.1, -0.05) is 25.0 Å². The van der Waals surface area contributed by atoms with Crippen LogP contribution in [0, 0.1) is 5.82 Å². The number of aliphatic hydroxyl groups is 1. The molecule has 2 fully saturated rings. The number of esters is 1. The van der Waals surface area contributed by atoms with Crippen LogP contribution in [0.5, 0.6) is 0 Å². The van der Waals surface area contributed by atoms with Crippen LogP contribution in [0.15, 0.2) is 24.3 Å². The Morgan fingerprint density at radius 3 is 2.21 bits per heavy atom. The zero-order chi connectivity index (χ0) is 19.7. The minimum Gasteiger partial charge on any atom is -0.462 e. The fourth-order valence-electron chi connectivity index (χ4n) is 4.16. The van der Waals surface area contributed by atoms with Gasteiger partial charge in [0.2, 0.25) is 0 Å². The van der Waals surface area contributed by atoms with Crippen LogP contribution in [-0.4, -0.2) is 22.7 Å². The highest BCUT2D eigenvalue weighted by atomic mass is 19.1. The number of aromatic nitrogens is 1. The zero-order valence-electron chi connectivity index (χ0n) is 16.2. The first-order chi connectivity index (χ1) is 13.6. The molecule has 0 bridgehead atoms. The van der Waals surface area contributed by atoms with E-state index in [0.717, 1.165) is 55.5 Å². The zero-order valence-corrected chi connectivity index (χ0v) is 16.2. The Hall–Kier alpha value is -2.27. The number of hydrogen-bond donors (Lipinski definition) is 1. The standard InChI is InChI=1S/C23H26FNO3/c1-2-28-23(27)20-19(14-9-11-17(24)12-10-14)18(13-26)21(15-5-3-6-15)25-22(20)16-7-4-8-16/h9-12,15-16,26H,2-8,13H2,1H3. The summed E-state index contributed by atoms with van der Waals surface area (Å²) in [5.74, 6) is -0.188. The minimum atomic E-state index is -0.411. The molecule has 0 amide bonds. The lowest BCUT2D eigenvalue weighted by molar-refractivity contribution is 0.0523. The van der Waals surface area contributed by atoms with Crippen LogP contribution in [0.2, 0.25) is 0 Å². The van der Waals surface area contributed by atoms with E-state index in [1.165, 1.54) is 12.1 Å². The normalized spacial score (nSPS) is 17.1. The van der Waals surface area contributed by atoms with Crippen molar-refractivity contribution in [3.05, 3.63) is 52.6 Å². The number of carbonyl (C=O) groups is 1. The Labute approximate surface area is 164 Å². The molecule has 2 aromatic rings. The lowest BCUT2D eigenvalue weighted by atomic mass is 9.75. The van der Waals surface area contributed by atoms with Gasteiger partial charge in [-0.25, -0.2) is 9.18 Å². The van der Waals surface area contributed by atoms with E-state index in [1.807, 2.05) is 0 Å². The second-order valence-electron chi connectivity index (χ2n) is 7.75. The molecule has 0 spiro atoms. The van der Waals surface area contributed by atoms with Crippen molar-refractivity contribution in [3.8, 4) is 11.1 Å². The summed E-state index contributed by atoms with van der Waals surface area (Å²) in [6.07, 6.45) is 6.38. The number of halogens is 1. The van der Waals surface area contributed by atoms with E-state index in [9.17, 15) is 14.3 Å². The average Bonchev–Trinajstić information content (AvgIpc) is 2.59. The molecule has 0 aliphatic heterocycles. The monoisotopic (exact) mass is 383 g/mol. The van der Waals surface area contributed by atoms with E-state index in [-0.39, 0.29) is 24.9 Å². The van der Waals surface area contributed by atoms with Crippen LogP contribution in [0.25, 0.3) is 11.1 Å². The van der Waals surface area contributed by atoms with Gasteiger partial charge in [0, 0.05) is 28.7 Å². The summed E-state index contributed by atoms with van der Waals surface area (Å²) in [6.45, 7) is 1.84. The van der Waals surface area contributed by atoms with Gasteiger partial charge >= 0.3 is 5.97 Å². The van der Waals surface area contributed by atoms with Crippen LogP contribution >= 0.6 is 0 Å². The number of ether oxygens (including phenoxy) is 1. The van der Waals surface area contributed by atoms with E-state index in [0.29, 0.717) is 22.6 Å². The Kier molecular flexibility index (Phi) is 5.44. The lowest BCUT2D eigenvalue weighted by Crippen LogP contribution is -2.23. The molecule has 0 radical (unpaired) electrons. The van der Waals surface area contributed by atoms with Crippen LogP contribution in [0.1, 0.15) is 84.6 Å². The molecule has 4 rings (SSSR count). The smallest absolute Gasteiger partial charge is 0.340 e. The van der Waals surface area contributed by atoms with Crippen molar-refractivity contribution in [1.82, 2.24) is 4.98 Å². The van der Waals surface area contributed by atoms with Crippen LogP contribution in [0.3, 0.4) is 0 Å². The molecule has 148 valence electrons. The van der Waals surface area contributed by atoms with Gasteiger partial charge in [0.25, 0.3) is 0 Å². The predicted molar refractivity (Wildman–Crippen MR) is 105 cm³/mol. The molecule has 2 aliphatic carbocycles. The maximum atomic E-state index is 13.6. The molecule has 2 aliphatic rings. The summed E-state index contributed by atoms with van der Waals surface area (Å²) in [5, 5.41) is 10.3. The SMILES string of the molecule is CCOC(=O)c1c(C2CCC2)nc(C2CCC2)c(CO)c1-c1ccc(F)cc1. The highest BCUT2D eigenvalue weighted by molar-refractivity contribution is 6.00. The molecule has 0 saturated heterocycles. The third-order valence-corrected chi connectivity index (χ3v) is 6.11. The van der Waals surface area contributed by atoms with Crippen LogP contribution in [-0.2, 0) is 11.3 Å². The Morgan fingerprint density at radius 2 is 1.71 bits per heavy atom. The van der Waals surface area contributed by atoms with E-state index >= 15 is 0 Å². The number of rotatable bonds is 6. The third kappa shape index (κ3) is 3.32. The average molecular weight is 383 g/mol. The predicted octanol–water partition coefficient (Wildman–Crippen LogP) is 5.09. The van der Waals surface area contributed by atoms with E-state index in [2.05, 4.69) is 0 Å². The van der Waals surface area contributed by atoms with Crippen molar-refractivity contribution in [2.75, 3.05) is 6.61 Å². The van der Waals surface area contributed by atoms with Crippen LogP contribution in [0.4, 0.5) is 4.39 Å². The van der Waals surface area contributed by atoms with E-state index in [1.54, 1.807) is 19.1 Å². The second-order valence-corrected chi connectivity index (χ2v) is 7.75. The molecule has 4 nitrogen and oxygen atoms in total. The Morgan fingerprint density at radius 1 is 1.11 bits per heavy atom. The summed E-state index contributed by atoms with van der Waals surface area (Å²) in [6, 6.07) is 6.11. The minimum absolute atomic E-state index is 0.205. The van der Waals surface area contributed by atoms with Gasteiger partial charge in [-0.15, -0.1) is 0 Å². The molecule has 1 heterocycles. The van der Waals surface area contributed by atoms with Gasteiger partial charge in [-0.3, -0.25) is 4.98 Å². The Bertz CT molecular complexity index is 870. The van der Waals surface area contributed by atoms with Gasteiger partial charge in [-0.2, -0.15) is 0 Å². The summed E-state index contributed by atoms with van der Waals surface area (Å²) < 4.78 is 18.9. The first kappa shape index (κ1) is 19.1. The fraction of sp³-hybridized carbons (Fsp3) is 0.478. The number of aliphatic hydroxyl groups excluding tert-OH is 1. The van der Waals surface area contributed by atoms with Gasteiger partial charge in [0.15, 0.2) is 0 Å².